The van der Waals surface area contributed by atoms with E-state index in [1.165, 1.54) is 0 Å². The summed E-state index contributed by atoms with van der Waals surface area (Å²) in [5.41, 5.74) is 4.78. The number of benzene rings is 3. The molecule has 5 rings (SSSR count). The van der Waals surface area contributed by atoms with Crippen molar-refractivity contribution in [3.05, 3.63) is 82.3 Å². The lowest BCUT2D eigenvalue weighted by Crippen LogP contribution is -2.29. The molecule has 0 aliphatic carbocycles. The summed E-state index contributed by atoms with van der Waals surface area (Å²) in [6.45, 7) is 2.04. The minimum absolute atomic E-state index is 0.215. The second kappa shape index (κ2) is 8.94. The zero-order chi connectivity index (χ0) is 24.5. The highest BCUT2D eigenvalue weighted by Gasteiger charge is 2.17. The first-order valence-electron chi connectivity index (χ1n) is 11.1. The molecule has 0 spiro atoms. The van der Waals surface area contributed by atoms with E-state index in [0.717, 1.165) is 38.2 Å². The van der Waals surface area contributed by atoms with Gasteiger partial charge in [0.1, 0.15) is 5.75 Å². The number of fused-ring (bicyclic) bond motifs is 2. The standard InChI is InChI=1S/C26H23N5O4/c1-3-31(26(33)34)25-27-21-9-8-16(14-23(21)28-25)17-10-15(11-18(13-17)35-2)12-22-19-6-4-5-7-20(19)24(32)30-29-22/h4-11,13-14H,3,12H2,1-2H3,(H,27,28)(H,30,32)(H,33,34). The van der Waals surface area contributed by atoms with E-state index in [2.05, 4.69) is 26.2 Å². The summed E-state index contributed by atoms with van der Waals surface area (Å²) in [5, 5.41) is 17.7. The fraction of sp³-hybridized carbons (Fsp3) is 0.154. The summed E-state index contributed by atoms with van der Waals surface area (Å²) in [6, 6.07) is 19.1. The largest absolute Gasteiger partial charge is 0.497 e. The van der Waals surface area contributed by atoms with Gasteiger partial charge >= 0.3 is 6.09 Å². The van der Waals surface area contributed by atoms with E-state index in [-0.39, 0.29) is 18.1 Å². The predicted octanol–water partition coefficient (Wildman–Crippen LogP) is 4.57. The van der Waals surface area contributed by atoms with Gasteiger partial charge in [0.05, 0.1) is 29.2 Å². The molecule has 0 atom stereocenters. The van der Waals surface area contributed by atoms with Crippen molar-refractivity contribution in [2.45, 2.75) is 13.3 Å². The molecule has 9 heteroatoms. The maximum absolute atomic E-state index is 12.1. The smallest absolute Gasteiger partial charge is 0.414 e. The Morgan fingerprint density at radius 3 is 2.60 bits per heavy atom. The van der Waals surface area contributed by atoms with Crippen LogP contribution in [0.25, 0.3) is 32.9 Å². The molecule has 3 aromatic carbocycles. The number of nitrogens with zero attached hydrogens (tertiary/aromatic N) is 3. The van der Waals surface area contributed by atoms with Crippen LogP contribution < -0.4 is 15.2 Å². The van der Waals surface area contributed by atoms with Crippen LogP contribution in [0.4, 0.5) is 10.7 Å². The molecule has 0 bridgehead atoms. The predicted molar refractivity (Wildman–Crippen MR) is 134 cm³/mol. The molecule has 0 saturated heterocycles. The van der Waals surface area contributed by atoms with Crippen molar-refractivity contribution in [3.63, 3.8) is 0 Å². The maximum atomic E-state index is 12.1. The van der Waals surface area contributed by atoms with Gasteiger partial charge in [0.25, 0.3) is 5.56 Å². The van der Waals surface area contributed by atoms with Gasteiger partial charge in [-0.2, -0.15) is 5.10 Å². The summed E-state index contributed by atoms with van der Waals surface area (Å²) >= 11 is 0. The van der Waals surface area contributed by atoms with Crippen molar-refractivity contribution in [2.24, 2.45) is 0 Å². The molecule has 0 aliphatic heterocycles. The normalized spacial score (nSPS) is 11.1. The Kier molecular flexibility index (Phi) is 5.66. The maximum Gasteiger partial charge on any atom is 0.414 e. The number of amides is 1. The molecule has 0 unspecified atom stereocenters. The van der Waals surface area contributed by atoms with Gasteiger partial charge in [-0.1, -0.05) is 30.3 Å². The Hall–Kier alpha value is -4.66. The topological polar surface area (TPSA) is 124 Å². The van der Waals surface area contributed by atoms with Crippen molar-refractivity contribution in [1.82, 2.24) is 20.2 Å². The first-order chi connectivity index (χ1) is 17.0. The van der Waals surface area contributed by atoms with Crippen LogP contribution in [0.1, 0.15) is 18.2 Å². The number of hydrogen-bond donors (Lipinski definition) is 3. The van der Waals surface area contributed by atoms with Crippen LogP contribution in [0.5, 0.6) is 5.75 Å². The van der Waals surface area contributed by atoms with Crippen molar-refractivity contribution >= 4 is 33.8 Å². The molecule has 1 amide bonds. The number of ether oxygens (including phenoxy) is 1. The first-order valence-corrected chi connectivity index (χ1v) is 11.1. The van der Waals surface area contributed by atoms with Crippen LogP contribution in [0, 0.1) is 0 Å². The number of carboxylic acid groups (broad SMARTS) is 1. The Morgan fingerprint density at radius 1 is 1.06 bits per heavy atom. The number of anilines is 1. The van der Waals surface area contributed by atoms with Crippen LogP contribution in [0.2, 0.25) is 0 Å². The lowest BCUT2D eigenvalue weighted by Gasteiger charge is -2.12. The van der Waals surface area contributed by atoms with Crippen molar-refractivity contribution in [2.75, 3.05) is 18.6 Å². The highest BCUT2D eigenvalue weighted by molar-refractivity contribution is 5.89. The zero-order valence-electron chi connectivity index (χ0n) is 19.2. The molecule has 5 aromatic rings. The molecule has 3 N–H and O–H groups in total. The number of hydrogen-bond acceptors (Lipinski definition) is 5. The molecule has 0 saturated carbocycles. The quantitative estimate of drug-likeness (QED) is 0.335. The highest BCUT2D eigenvalue weighted by Crippen LogP contribution is 2.30. The van der Waals surface area contributed by atoms with Crippen LogP contribution in [-0.4, -0.2) is 45.0 Å². The van der Waals surface area contributed by atoms with Crippen molar-refractivity contribution < 1.29 is 14.6 Å². The summed E-state index contributed by atoms with van der Waals surface area (Å²) in [5.74, 6) is 0.981. The van der Waals surface area contributed by atoms with Crippen LogP contribution in [0.15, 0.2) is 65.5 Å². The number of rotatable bonds is 6. The number of methoxy groups -OCH3 is 1. The summed E-state index contributed by atoms with van der Waals surface area (Å²) in [7, 11) is 1.62. The van der Waals surface area contributed by atoms with Crippen LogP contribution in [-0.2, 0) is 6.42 Å². The minimum atomic E-state index is -1.06. The van der Waals surface area contributed by atoms with Crippen LogP contribution in [0.3, 0.4) is 0 Å². The molecule has 9 nitrogen and oxygen atoms in total. The molecule has 176 valence electrons. The second-order valence-electron chi connectivity index (χ2n) is 8.11. The molecule has 2 aromatic heterocycles. The fourth-order valence-corrected chi connectivity index (χ4v) is 4.23. The van der Waals surface area contributed by atoms with Gasteiger partial charge in [-0.05, 0) is 53.9 Å². The number of aromatic nitrogens is 4. The molecular formula is C26H23N5O4. The number of nitrogens with one attached hydrogen (secondary N) is 2. The third-order valence-corrected chi connectivity index (χ3v) is 5.95. The first kappa shape index (κ1) is 22.1. The Balaban J connectivity index is 1.55. The van der Waals surface area contributed by atoms with Gasteiger partial charge in [0.2, 0.25) is 5.95 Å². The number of carbonyl (C=O) groups is 1. The average Bonchev–Trinajstić information content (AvgIpc) is 3.28. The van der Waals surface area contributed by atoms with Crippen LogP contribution >= 0.6 is 0 Å². The minimum Gasteiger partial charge on any atom is -0.497 e. The lowest BCUT2D eigenvalue weighted by atomic mass is 9.98. The van der Waals surface area contributed by atoms with Gasteiger partial charge in [0, 0.05) is 18.4 Å². The SMILES string of the molecule is CCN(C(=O)O)c1nc2ccc(-c3cc(Cc4n[nH]c(=O)c5ccccc45)cc(OC)c3)cc2[nH]1. The zero-order valence-corrected chi connectivity index (χ0v) is 19.2. The third kappa shape index (κ3) is 4.19. The van der Waals surface area contributed by atoms with E-state index in [9.17, 15) is 14.7 Å². The van der Waals surface area contributed by atoms with E-state index in [4.69, 9.17) is 4.74 Å². The Bertz CT molecular complexity index is 1620. The summed E-state index contributed by atoms with van der Waals surface area (Å²) in [6.07, 6.45) is -0.560. The number of imidazole rings is 1. The third-order valence-electron chi connectivity index (χ3n) is 5.95. The molecule has 0 fully saturated rings. The van der Waals surface area contributed by atoms with E-state index < -0.39 is 6.09 Å². The molecule has 0 radical (unpaired) electrons. The number of H-pyrrole nitrogens is 2. The van der Waals surface area contributed by atoms with Gasteiger partial charge in [-0.15, -0.1) is 0 Å². The number of aromatic amines is 2. The van der Waals surface area contributed by atoms with Gasteiger partial charge in [0.15, 0.2) is 0 Å². The Labute approximate surface area is 200 Å². The second-order valence-corrected chi connectivity index (χ2v) is 8.11. The summed E-state index contributed by atoms with van der Waals surface area (Å²) in [4.78, 5) is 32.3. The molecule has 0 aliphatic rings. The molecule has 35 heavy (non-hydrogen) atoms. The van der Waals surface area contributed by atoms with E-state index >= 15 is 0 Å². The van der Waals surface area contributed by atoms with E-state index in [1.807, 2.05) is 48.5 Å². The molecule has 2 heterocycles. The van der Waals surface area contributed by atoms with Gasteiger partial charge in [-0.25, -0.2) is 19.8 Å². The lowest BCUT2D eigenvalue weighted by molar-refractivity contribution is 0.202. The summed E-state index contributed by atoms with van der Waals surface area (Å²) < 4.78 is 5.55. The highest BCUT2D eigenvalue weighted by atomic mass is 16.5. The van der Waals surface area contributed by atoms with Gasteiger partial charge in [-0.3, -0.25) is 4.79 Å². The molecular weight excluding hydrogens is 446 g/mol. The van der Waals surface area contributed by atoms with Crippen molar-refractivity contribution in [1.29, 1.82) is 0 Å². The Morgan fingerprint density at radius 2 is 1.86 bits per heavy atom. The average molecular weight is 470 g/mol. The van der Waals surface area contributed by atoms with E-state index in [0.29, 0.717) is 23.1 Å². The fourth-order valence-electron chi connectivity index (χ4n) is 4.23. The van der Waals surface area contributed by atoms with E-state index in [1.54, 1.807) is 20.1 Å². The van der Waals surface area contributed by atoms with Crippen molar-refractivity contribution in [3.8, 4) is 16.9 Å². The monoisotopic (exact) mass is 469 g/mol. The van der Waals surface area contributed by atoms with Gasteiger partial charge < -0.3 is 14.8 Å².